The number of nitrogens with zero attached hydrogens (tertiary/aromatic N) is 3. The molecule has 6 heteroatoms. The maximum Gasteiger partial charge on any atom is 0.303 e. The molecule has 1 aliphatic carbocycles. The van der Waals surface area contributed by atoms with Crippen LogP contribution in [-0.4, -0.2) is 44.3 Å². The highest BCUT2D eigenvalue weighted by atomic mass is 16.4. The largest absolute Gasteiger partial charge is 0.481 e. The average Bonchev–Trinajstić information content (AvgIpc) is 3.35. The van der Waals surface area contributed by atoms with E-state index in [0.717, 1.165) is 47.6 Å². The van der Waals surface area contributed by atoms with Crippen LogP contribution in [0.5, 0.6) is 0 Å². The summed E-state index contributed by atoms with van der Waals surface area (Å²) in [6.45, 7) is 4.76. The zero-order valence-electron chi connectivity index (χ0n) is 15.8. The lowest BCUT2D eigenvalue weighted by molar-refractivity contribution is -0.136. The summed E-state index contributed by atoms with van der Waals surface area (Å²) in [5.74, 6) is 0.0152. The Bertz CT molecular complexity index is 885. The van der Waals surface area contributed by atoms with E-state index in [9.17, 15) is 9.59 Å². The molecule has 1 aliphatic heterocycles. The van der Waals surface area contributed by atoms with Crippen molar-refractivity contribution in [2.45, 2.75) is 52.0 Å². The summed E-state index contributed by atoms with van der Waals surface area (Å²) >= 11 is 0. The molecule has 1 saturated carbocycles. The van der Waals surface area contributed by atoms with Gasteiger partial charge in [0, 0.05) is 30.3 Å². The Hall–Kier alpha value is -2.63. The number of hydrogen-bond donors (Lipinski definition) is 1. The SMILES string of the molecule is Cc1nn(-c2ccc(C(=O)N3CC4CCC3C4)cc2)c(C)c1CCC(=O)O. The zero-order chi connectivity index (χ0) is 19.1. The van der Waals surface area contributed by atoms with E-state index in [-0.39, 0.29) is 12.3 Å². The predicted octanol–water partition coefficient (Wildman–Crippen LogP) is 3.13. The first kappa shape index (κ1) is 17.8. The molecule has 27 heavy (non-hydrogen) atoms. The lowest BCUT2D eigenvalue weighted by Crippen LogP contribution is -2.37. The summed E-state index contributed by atoms with van der Waals surface area (Å²) in [7, 11) is 0. The second kappa shape index (κ2) is 6.83. The van der Waals surface area contributed by atoms with Crippen molar-refractivity contribution in [3.63, 3.8) is 0 Å². The van der Waals surface area contributed by atoms with Gasteiger partial charge in [0.2, 0.25) is 0 Å². The van der Waals surface area contributed by atoms with Gasteiger partial charge in [-0.05, 0) is 75.3 Å². The van der Waals surface area contributed by atoms with Gasteiger partial charge >= 0.3 is 5.97 Å². The van der Waals surface area contributed by atoms with E-state index in [4.69, 9.17) is 5.11 Å². The Morgan fingerprint density at radius 1 is 1.19 bits per heavy atom. The van der Waals surface area contributed by atoms with Crippen molar-refractivity contribution < 1.29 is 14.7 Å². The molecule has 2 heterocycles. The fourth-order valence-corrected chi connectivity index (χ4v) is 4.60. The van der Waals surface area contributed by atoms with E-state index >= 15 is 0 Å². The lowest BCUT2D eigenvalue weighted by atomic mass is 10.1. The number of piperidine rings is 1. The fraction of sp³-hybridized carbons (Fsp3) is 0.476. The van der Waals surface area contributed by atoms with Crippen LogP contribution in [-0.2, 0) is 11.2 Å². The Kier molecular flexibility index (Phi) is 4.50. The average molecular weight is 367 g/mol. The number of carboxylic acid groups (broad SMARTS) is 1. The second-order valence-corrected chi connectivity index (χ2v) is 7.79. The highest BCUT2D eigenvalue weighted by molar-refractivity contribution is 5.95. The van der Waals surface area contributed by atoms with E-state index < -0.39 is 5.97 Å². The first-order valence-electron chi connectivity index (χ1n) is 9.62. The van der Waals surface area contributed by atoms with Crippen LogP contribution in [0, 0.1) is 19.8 Å². The summed E-state index contributed by atoms with van der Waals surface area (Å²) in [4.78, 5) is 25.7. The molecular formula is C21H25N3O3. The van der Waals surface area contributed by atoms with Crippen molar-refractivity contribution in [2.75, 3.05) is 6.54 Å². The molecule has 1 aromatic carbocycles. The van der Waals surface area contributed by atoms with E-state index in [1.807, 2.05) is 47.7 Å². The molecule has 0 spiro atoms. The smallest absolute Gasteiger partial charge is 0.303 e. The monoisotopic (exact) mass is 367 g/mol. The van der Waals surface area contributed by atoms with Crippen LogP contribution >= 0.6 is 0 Å². The molecule has 2 aromatic rings. The molecule has 1 saturated heterocycles. The minimum Gasteiger partial charge on any atom is -0.481 e. The van der Waals surface area contributed by atoms with E-state index in [1.54, 1.807) is 0 Å². The van der Waals surface area contributed by atoms with Crippen molar-refractivity contribution in [1.82, 2.24) is 14.7 Å². The molecule has 0 radical (unpaired) electrons. The van der Waals surface area contributed by atoms with E-state index in [2.05, 4.69) is 5.10 Å². The Morgan fingerprint density at radius 3 is 2.52 bits per heavy atom. The number of aryl methyl sites for hydroxylation is 1. The van der Waals surface area contributed by atoms with Gasteiger partial charge in [0.05, 0.1) is 11.4 Å². The number of carbonyl (C=O) groups is 2. The number of amides is 1. The van der Waals surface area contributed by atoms with Gasteiger partial charge in [-0.25, -0.2) is 4.68 Å². The third-order valence-corrected chi connectivity index (χ3v) is 6.06. The van der Waals surface area contributed by atoms with Crippen LogP contribution < -0.4 is 0 Å². The van der Waals surface area contributed by atoms with Crippen LogP contribution in [0.3, 0.4) is 0 Å². The molecule has 2 fully saturated rings. The summed E-state index contributed by atoms with van der Waals surface area (Å²) in [6, 6.07) is 8.01. The highest BCUT2D eigenvalue weighted by Gasteiger charge is 2.40. The molecule has 6 nitrogen and oxygen atoms in total. The summed E-state index contributed by atoms with van der Waals surface area (Å²) in [6.07, 6.45) is 4.13. The molecule has 2 unspecified atom stereocenters. The van der Waals surface area contributed by atoms with Crippen LogP contribution in [0.4, 0.5) is 0 Å². The lowest BCUT2D eigenvalue weighted by Gasteiger charge is -2.27. The molecule has 1 N–H and O–H groups in total. The van der Waals surface area contributed by atoms with Gasteiger partial charge in [-0.1, -0.05) is 0 Å². The first-order chi connectivity index (χ1) is 12.9. The number of likely N-dealkylation sites (tertiary alicyclic amines) is 1. The zero-order valence-corrected chi connectivity index (χ0v) is 15.8. The number of carboxylic acids is 1. The van der Waals surface area contributed by atoms with Gasteiger partial charge in [-0.2, -0.15) is 5.10 Å². The number of aliphatic carboxylic acids is 1. The Balaban J connectivity index is 1.53. The first-order valence-corrected chi connectivity index (χ1v) is 9.62. The molecule has 2 aliphatic rings. The van der Waals surface area contributed by atoms with Crippen LogP contribution in [0.15, 0.2) is 24.3 Å². The number of fused-ring (bicyclic) bond motifs is 2. The van der Waals surface area contributed by atoms with Gasteiger partial charge < -0.3 is 10.0 Å². The maximum atomic E-state index is 12.8. The molecule has 142 valence electrons. The number of rotatable bonds is 5. The minimum atomic E-state index is -0.806. The Morgan fingerprint density at radius 2 is 1.93 bits per heavy atom. The van der Waals surface area contributed by atoms with Crippen molar-refractivity contribution in [3.8, 4) is 5.69 Å². The van der Waals surface area contributed by atoms with Crippen molar-refractivity contribution >= 4 is 11.9 Å². The summed E-state index contributed by atoms with van der Waals surface area (Å²) < 4.78 is 1.83. The normalized spacial score (nSPS) is 21.0. The number of hydrogen-bond acceptors (Lipinski definition) is 3. The predicted molar refractivity (Wildman–Crippen MR) is 101 cm³/mol. The Labute approximate surface area is 158 Å². The van der Waals surface area contributed by atoms with Gasteiger partial charge in [-0.15, -0.1) is 0 Å². The molecule has 1 amide bonds. The summed E-state index contributed by atoms with van der Waals surface area (Å²) in [5.41, 5.74) is 4.38. The molecule has 1 aromatic heterocycles. The second-order valence-electron chi connectivity index (χ2n) is 7.79. The third kappa shape index (κ3) is 3.24. The minimum absolute atomic E-state index is 0.0960. The van der Waals surface area contributed by atoms with Crippen molar-refractivity contribution in [1.29, 1.82) is 0 Å². The highest BCUT2D eigenvalue weighted by Crippen LogP contribution is 2.38. The third-order valence-electron chi connectivity index (χ3n) is 6.06. The van der Waals surface area contributed by atoms with Gasteiger partial charge in [0.25, 0.3) is 5.91 Å². The standard InChI is InChI=1S/C21H25N3O3/c1-13-19(9-10-20(25)26)14(2)24(22-13)17-7-4-16(5-8-17)21(27)23-12-15-3-6-18(23)11-15/h4-5,7-8,15,18H,3,6,9-12H2,1-2H3,(H,25,26). The summed E-state index contributed by atoms with van der Waals surface area (Å²) in [5, 5.41) is 13.5. The van der Waals surface area contributed by atoms with Crippen molar-refractivity contribution in [2.24, 2.45) is 5.92 Å². The van der Waals surface area contributed by atoms with Crippen molar-refractivity contribution in [3.05, 3.63) is 46.8 Å². The number of benzene rings is 1. The molecule has 2 atom stereocenters. The fourth-order valence-electron chi connectivity index (χ4n) is 4.60. The van der Waals surface area contributed by atoms with Crippen LogP contribution in [0.2, 0.25) is 0 Å². The van der Waals surface area contributed by atoms with Gasteiger partial charge in [0.1, 0.15) is 0 Å². The molecule has 4 rings (SSSR count). The van der Waals surface area contributed by atoms with E-state index in [0.29, 0.717) is 18.4 Å². The van der Waals surface area contributed by atoms with Gasteiger partial charge in [-0.3, -0.25) is 9.59 Å². The maximum absolute atomic E-state index is 12.8. The number of carbonyl (C=O) groups excluding carboxylic acids is 1. The number of aromatic nitrogens is 2. The quantitative estimate of drug-likeness (QED) is 0.881. The molecule has 2 bridgehead atoms. The van der Waals surface area contributed by atoms with E-state index in [1.165, 1.54) is 6.42 Å². The van der Waals surface area contributed by atoms with Crippen LogP contribution in [0.1, 0.15) is 53.0 Å². The van der Waals surface area contributed by atoms with Crippen LogP contribution in [0.25, 0.3) is 5.69 Å². The van der Waals surface area contributed by atoms with Gasteiger partial charge in [0.15, 0.2) is 0 Å². The topological polar surface area (TPSA) is 75.4 Å². The molecular weight excluding hydrogens is 342 g/mol.